The molecule has 1 aromatic heterocycles. The smallest absolute Gasteiger partial charge is 0.344 e. The maximum absolute atomic E-state index is 11.1. The van der Waals surface area contributed by atoms with Gasteiger partial charge in [-0.2, -0.15) is 0 Å². The molecule has 0 bridgehead atoms. The van der Waals surface area contributed by atoms with Crippen LogP contribution in [0.5, 0.6) is 5.75 Å². The van der Waals surface area contributed by atoms with Gasteiger partial charge in [-0.25, -0.2) is 9.78 Å². The Bertz CT molecular complexity index is 728. The first kappa shape index (κ1) is 20.3. The van der Waals surface area contributed by atoms with Crippen LogP contribution in [0.25, 0.3) is 0 Å². The molecule has 0 aliphatic carbocycles. The van der Waals surface area contributed by atoms with Crippen molar-refractivity contribution in [1.82, 2.24) is 9.55 Å². The summed E-state index contributed by atoms with van der Waals surface area (Å²) >= 11 is 6.36. The molecule has 0 saturated carbocycles. The van der Waals surface area contributed by atoms with E-state index in [0.717, 1.165) is 30.7 Å². The summed E-state index contributed by atoms with van der Waals surface area (Å²) in [4.78, 5) is 15.5. The molecule has 7 heteroatoms. The standard InChI is InChI=1S/C19H25ClN2O4/c1-3-5-6-17-21-15(12-23)18(20)22(17)11-13-7-9-14(10-8-13)26-16(4-2)19(24)25/h7-10,16,23H,3-6,11-12H2,1-2H3,(H,24,25). The minimum Gasteiger partial charge on any atom is -0.479 e. The Balaban J connectivity index is 2.15. The van der Waals surface area contributed by atoms with E-state index >= 15 is 0 Å². The third-order valence-electron chi connectivity index (χ3n) is 4.14. The van der Waals surface area contributed by atoms with Crippen molar-refractivity contribution in [1.29, 1.82) is 0 Å². The number of imidazole rings is 1. The topological polar surface area (TPSA) is 84.6 Å². The number of carboxylic acids is 1. The first-order chi connectivity index (χ1) is 12.5. The van der Waals surface area contributed by atoms with Gasteiger partial charge >= 0.3 is 5.97 Å². The average molecular weight is 381 g/mol. The fourth-order valence-corrected chi connectivity index (χ4v) is 2.91. The van der Waals surface area contributed by atoms with Crippen LogP contribution in [0.2, 0.25) is 5.15 Å². The van der Waals surface area contributed by atoms with Gasteiger partial charge in [-0.3, -0.25) is 0 Å². The van der Waals surface area contributed by atoms with Crippen molar-refractivity contribution < 1.29 is 19.7 Å². The minimum absolute atomic E-state index is 0.189. The number of ether oxygens (including phenoxy) is 1. The van der Waals surface area contributed by atoms with Gasteiger partial charge in [0.05, 0.1) is 13.2 Å². The van der Waals surface area contributed by atoms with Crippen LogP contribution in [0.3, 0.4) is 0 Å². The molecule has 1 heterocycles. The average Bonchev–Trinajstić information content (AvgIpc) is 2.94. The van der Waals surface area contributed by atoms with Crippen LogP contribution in [-0.4, -0.2) is 31.8 Å². The van der Waals surface area contributed by atoms with Crippen LogP contribution < -0.4 is 4.74 Å². The van der Waals surface area contributed by atoms with Gasteiger partial charge in [0.25, 0.3) is 0 Å². The van der Waals surface area contributed by atoms with E-state index in [2.05, 4.69) is 11.9 Å². The lowest BCUT2D eigenvalue weighted by Crippen LogP contribution is -2.25. The number of carbonyl (C=O) groups is 1. The zero-order valence-electron chi connectivity index (χ0n) is 15.1. The number of aliphatic hydroxyl groups excluding tert-OH is 1. The summed E-state index contributed by atoms with van der Waals surface area (Å²) < 4.78 is 7.38. The zero-order chi connectivity index (χ0) is 19.1. The fraction of sp³-hybridized carbons (Fsp3) is 0.474. The van der Waals surface area contributed by atoms with E-state index in [1.165, 1.54) is 0 Å². The molecule has 0 aliphatic heterocycles. The Labute approximate surface area is 158 Å². The van der Waals surface area contributed by atoms with Crippen LogP contribution in [0.4, 0.5) is 0 Å². The van der Waals surface area contributed by atoms with Gasteiger partial charge in [0.2, 0.25) is 0 Å². The highest BCUT2D eigenvalue weighted by atomic mass is 35.5. The molecular formula is C19H25ClN2O4. The highest BCUT2D eigenvalue weighted by Crippen LogP contribution is 2.23. The lowest BCUT2D eigenvalue weighted by molar-refractivity contribution is -0.145. The van der Waals surface area contributed by atoms with Crippen molar-refractivity contribution >= 4 is 17.6 Å². The van der Waals surface area contributed by atoms with Crippen LogP contribution >= 0.6 is 11.6 Å². The van der Waals surface area contributed by atoms with Crippen molar-refractivity contribution in [3.8, 4) is 5.75 Å². The molecule has 26 heavy (non-hydrogen) atoms. The van der Waals surface area contributed by atoms with Crippen LogP contribution in [0.15, 0.2) is 24.3 Å². The lowest BCUT2D eigenvalue weighted by Gasteiger charge is -2.14. The molecule has 0 amide bonds. The van der Waals surface area contributed by atoms with E-state index in [9.17, 15) is 9.90 Å². The Morgan fingerprint density at radius 1 is 1.31 bits per heavy atom. The van der Waals surface area contributed by atoms with Crippen LogP contribution in [0.1, 0.15) is 50.2 Å². The number of aromatic nitrogens is 2. The Hall–Kier alpha value is -2.05. The summed E-state index contributed by atoms with van der Waals surface area (Å²) in [5.74, 6) is 0.402. The maximum atomic E-state index is 11.1. The third kappa shape index (κ3) is 4.99. The summed E-state index contributed by atoms with van der Waals surface area (Å²) in [5, 5.41) is 18.9. The molecule has 6 nitrogen and oxygen atoms in total. The molecular weight excluding hydrogens is 356 g/mol. The summed E-state index contributed by atoms with van der Waals surface area (Å²) in [6.07, 6.45) is 2.39. The predicted octanol–water partition coefficient (Wildman–Crippen LogP) is 3.66. The molecule has 0 radical (unpaired) electrons. The van der Waals surface area contributed by atoms with Crippen LogP contribution in [-0.2, 0) is 24.4 Å². The Morgan fingerprint density at radius 3 is 2.54 bits per heavy atom. The number of aliphatic hydroxyl groups is 1. The van der Waals surface area contributed by atoms with Gasteiger partial charge in [-0.05, 0) is 30.5 Å². The van der Waals surface area contributed by atoms with Crippen molar-refractivity contribution in [3.05, 3.63) is 46.5 Å². The van der Waals surface area contributed by atoms with Crippen molar-refractivity contribution in [2.24, 2.45) is 0 Å². The van der Waals surface area contributed by atoms with E-state index in [1.54, 1.807) is 19.1 Å². The largest absolute Gasteiger partial charge is 0.479 e. The summed E-state index contributed by atoms with van der Waals surface area (Å²) in [6.45, 7) is 4.22. The quantitative estimate of drug-likeness (QED) is 0.657. The Kier molecular flexibility index (Phi) is 7.48. The summed E-state index contributed by atoms with van der Waals surface area (Å²) in [7, 11) is 0. The molecule has 142 valence electrons. The first-order valence-corrected chi connectivity index (χ1v) is 9.20. The minimum atomic E-state index is -0.973. The second-order valence-corrected chi connectivity index (χ2v) is 6.47. The number of benzene rings is 1. The van der Waals surface area contributed by atoms with E-state index in [1.807, 2.05) is 16.7 Å². The second kappa shape index (κ2) is 9.59. The van der Waals surface area contributed by atoms with Gasteiger partial charge in [-0.15, -0.1) is 0 Å². The van der Waals surface area contributed by atoms with E-state index in [0.29, 0.717) is 29.6 Å². The number of aliphatic carboxylic acids is 1. The number of hydrogen-bond donors (Lipinski definition) is 2. The molecule has 0 spiro atoms. The number of aryl methyl sites for hydroxylation is 1. The summed E-state index contributed by atoms with van der Waals surface area (Å²) in [5.41, 5.74) is 1.48. The Morgan fingerprint density at radius 2 is 2.00 bits per heavy atom. The van der Waals surface area contributed by atoms with E-state index < -0.39 is 12.1 Å². The van der Waals surface area contributed by atoms with Gasteiger partial charge in [0.15, 0.2) is 6.10 Å². The number of rotatable bonds is 10. The van der Waals surface area contributed by atoms with Gasteiger partial charge in [0, 0.05) is 6.42 Å². The molecule has 1 unspecified atom stereocenters. The number of nitrogens with zero attached hydrogens (tertiary/aromatic N) is 2. The third-order valence-corrected chi connectivity index (χ3v) is 4.57. The van der Waals surface area contributed by atoms with Crippen LogP contribution in [0, 0.1) is 0 Å². The normalized spacial score (nSPS) is 12.2. The van der Waals surface area contributed by atoms with Gasteiger partial charge in [-0.1, -0.05) is 44.0 Å². The lowest BCUT2D eigenvalue weighted by atomic mass is 10.2. The number of unbranched alkanes of at least 4 members (excludes halogenated alkanes) is 1. The molecule has 2 aromatic rings. The van der Waals surface area contributed by atoms with Crippen molar-refractivity contribution in [3.63, 3.8) is 0 Å². The molecule has 2 rings (SSSR count). The highest BCUT2D eigenvalue weighted by molar-refractivity contribution is 6.30. The molecule has 0 aliphatic rings. The number of hydrogen-bond acceptors (Lipinski definition) is 4. The molecule has 1 aromatic carbocycles. The van der Waals surface area contributed by atoms with Gasteiger partial charge < -0.3 is 19.5 Å². The second-order valence-electron chi connectivity index (χ2n) is 6.11. The molecule has 0 saturated heterocycles. The summed E-state index contributed by atoms with van der Waals surface area (Å²) in [6, 6.07) is 7.26. The number of halogens is 1. The van der Waals surface area contributed by atoms with Crippen molar-refractivity contribution in [2.75, 3.05) is 0 Å². The van der Waals surface area contributed by atoms with E-state index in [-0.39, 0.29) is 6.61 Å². The number of carboxylic acid groups (broad SMARTS) is 1. The highest BCUT2D eigenvalue weighted by Gasteiger charge is 2.17. The predicted molar refractivity (Wildman–Crippen MR) is 99.7 cm³/mol. The van der Waals surface area contributed by atoms with E-state index in [4.69, 9.17) is 21.4 Å². The maximum Gasteiger partial charge on any atom is 0.344 e. The fourth-order valence-electron chi connectivity index (χ4n) is 2.65. The first-order valence-electron chi connectivity index (χ1n) is 8.83. The molecule has 0 fully saturated rings. The zero-order valence-corrected chi connectivity index (χ0v) is 15.9. The molecule has 1 atom stereocenters. The molecule has 2 N–H and O–H groups in total. The van der Waals surface area contributed by atoms with Crippen molar-refractivity contribution in [2.45, 2.75) is 58.8 Å². The SMILES string of the molecule is CCCCc1nc(CO)c(Cl)n1Cc1ccc(OC(CC)C(=O)O)cc1. The monoisotopic (exact) mass is 380 g/mol. The van der Waals surface area contributed by atoms with Gasteiger partial charge in [0.1, 0.15) is 22.4 Å².